The van der Waals surface area contributed by atoms with E-state index < -0.39 is 10.9 Å². The minimum Gasteiger partial charge on any atom is -0.481 e. The molecule has 5 heteroatoms. The van der Waals surface area contributed by atoms with E-state index in [1.165, 1.54) is 12.1 Å². The predicted octanol–water partition coefficient (Wildman–Crippen LogP) is 2.49. The molecule has 96 valence electrons. The molecular weight excluding hydrogens is 234 g/mol. The zero-order valence-electron chi connectivity index (χ0n) is 10.1. The normalized spacial score (nSPS) is 23.4. The number of carboxylic acid groups (broad SMARTS) is 1. The van der Waals surface area contributed by atoms with Gasteiger partial charge in [-0.2, -0.15) is 0 Å². The molecule has 2 rings (SSSR count). The fourth-order valence-corrected chi connectivity index (χ4v) is 2.40. The summed E-state index contributed by atoms with van der Waals surface area (Å²) in [6, 6.07) is 6.47. The number of carbonyl (C=O) groups is 1. The zero-order chi connectivity index (χ0) is 13.3. The van der Waals surface area contributed by atoms with E-state index in [0.29, 0.717) is 5.92 Å². The van der Waals surface area contributed by atoms with Crippen molar-refractivity contribution in [2.45, 2.75) is 19.8 Å². The van der Waals surface area contributed by atoms with Gasteiger partial charge in [-0.05, 0) is 30.2 Å². The lowest BCUT2D eigenvalue weighted by Crippen LogP contribution is -2.08. The van der Waals surface area contributed by atoms with Crippen molar-refractivity contribution in [2.24, 2.45) is 17.8 Å². The van der Waals surface area contributed by atoms with Crippen molar-refractivity contribution in [2.75, 3.05) is 0 Å². The topological polar surface area (TPSA) is 80.4 Å². The van der Waals surface area contributed by atoms with E-state index >= 15 is 0 Å². The van der Waals surface area contributed by atoms with Crippen LogP contribution in [-0.4, -0.2) is 16.0 Å². The van der Waals surface area contributed by atoms with E-state index in [1.807, 2.05) is 6.92 Å². The summed E-state index contributed by atoms with van der Waals surface area (Å²) in [6.45, 7) is 2.04. The quantitative estimate of drug-likeness (QED) is 0.642. The van der Waals surface area contributed by atoms with Crippen molar-refractivity contribution in [1.82, 2.24) is 0 Å². The van der Waals surface area contributed by atoms with E-state index in [1.54, 1.807) is 12.1 Å². The number of nitrogens with zero attached hydrogens (tertiary/aromatic N) is 1. The Balaban J connectivity index is 1.94. The summed E-state index contributed by atoms with van der Waals surface area (Å²) in [6.07, 6.45) is 1.52. The van der Waals surface area contributed by atoms with Gasteiger partial charge in [-0.25, -0.2) is 0 Å². The van der Waals surface area contributed by atoms with Gasteiger partial charge < -0.3 is 5.11 Å². The summed E-state index contributed by atoms with van der Waals surface area (Å²) >= 11 is 0. The highest BCUT2D eigenvalue weighted by molar-refractivity contribution is 5.73. The van der Waals surface area contributed by atoms with Gasteiger partial charge in [-0.1, -0.05) is 19.1 Å². The molecule has 0 aliphatic heterocycles. The molecule has 0 amide bonds. The smallest absolute Gasteiger partial charge is 0.306 e. The molecule has 0 aromatic heterocycles. The van der Waals surface area contributed by atoms with Gasteiger partial charge >= 0.3 is 5.97 Å². The van der Waals surface area contributed by atoms with Gasteiger partial charge in [-0.3, -0.25) is 14.9 Å². The molecule has 3 atom stereocenters. The van der Waals surface area contributed by atoms with Gasteiger partial charge in [0.25, 0.3) is 5.69 Å². The lowest BCUT2D eigenvalue weighted by Gasteiger charge is -2.10. The fourth-order valence-electron chi connectivity index (χ4n) is 2.40. The third kappa shape index (κ3) is 2.67. The van der Waals surface area contributed by atoms with Gasteiger partial charge in [-0.15, -0.1) is 0 Å². The zero-order valence-corrected chi connectivity index (χ0v) is 10.1. The van der Waals surface area contributed by atoms with Crippen LogP contribution in [0.2, 0.25) is 0 Å². The number of hydrogen-bond acceptors (Lipinski definition) is 3. The largest absolute Gasteiger partial charge is 0.481 e. The van der Waals surface area contributed by atoms with Crippen molar-refractivity contribution < 1.29 is 14.8 Å². The Morgan fingerprint density at radius 3 is 2.56 bits per heavy atom. The van der Waals surface area contributed by atoms with Crippen LogP contribution < -0.4 is 0 Å². The molecule has 0 heterocycles. The number of nitro benzene ring substituents is 1. The highest BCUT2D eigenvalue weighted by Gasteiger charge is 2.45. The lowest BCUT2D eigenvalue weighted by molar-refractivity contribution is -0.384. The fraction of sp³-hybridized carbons (Fsp3) is 0.462. The Kier molecular flexibility index (Phi) is 3.32. The van der Waals surface area contributed by atoms with Crippen molar-refractivity contribution in [1.29, 1.82) is 0 Å². The molecule has 1 aromatic carbocycles. The third-order valence-electron chi connectivity index (χ3n) is 3.59. The molecule has 1 aliphatic carbocycles. The number of rotatable bonds is 5. The highest BCUT2D eigenvalue weighted by Crippen LogP contribution is 2.45. The molecule has 18 heavy (non-hydrogen) atoms. The first-order valence-corrected chi connectivity index (χ1v) is 5.95. The van der Waals surface area contributed by atoms with Crippen LogP contribution in [0, 0.1) is 27.9 Å². The maximum absolute atomic E-state index is 10.8. The van der Waals surface area contributed by atoms with Gasteiger partial charge in [0.1, 0.15) is 0 Å². The summed E-state index contributed by atoms with van der Waals surface area (Å²) in [5.41, 5.74) is 1.10. The van der Waals surface area contributed by atoms with Crippen molar-refractivity contribution in [3.05, 3.63) is 39.9 Å². The second-order valence-electron chi connectivity index (χ2n) is 4.95. The maximum atomic E-state index is 10.8. The van der Waals surface area contributed by atoms with Crippen LogP contribution in [0.25, 0.3) is 0 Å². The first kappa shape index (κ1) is 12.5. The third-order valence-corrected chi connectivity index (χ3v) is 3.59. The molecule has 0 bridgehead atoms. The Labute approximate surface area is 105 Å². The monoisotopic (exact) mass is 249 g/mol. The number of non-ortho nitro benzene ring substituents is 1. The molecule has 0 radical (unpaired) electrons. The standard InChI is InChI=1S/C13H15NO4/c1-8(11-7-12(11)13(15)16)6-9-2-4-10(5-3-9)14(17)18/h2-5,8,11-12H,6-7H2,1H3,(H,15,16). The number of benzene rings is 1. The Morgan fingerprint density at radius 1 is 1.50 bits per heavy atom. The van der Waals surface area contributed by atoms with Crippen LogP contribution in [0.1, 0.15) is 18.9 Å². The average molecular weight is 249 g/mol. The SMILES string of the molecule is CC(Cc1ccc([N+](=O)[O-])cc1)C1CC1C(=O)O. The van der Waals surface area contributed by atoms with E-state index in [9.17, 15) is 14.9 Å². The van der Waals surface area contributed by atoms with Crippen LogP contribution in [0.4, 0.5) is 5.69 Å². The van der Waals surface area contributed by atoms with E-state index in [4.69, 9.17) is 5.11 Å². The van der Waals surface area contributed by atoms with Crippen LogP contribution in [0.15, 0.2) is 24.3 Å². The molecule has 1 saturated carbocycles. The number of aliphatic carboxylic acids is 1. The highest BCUT2D eigenvalue weighted by atomic mass is 16.6. The van der Waals surface area contributed by atoms with Crippen LogP contribution in [0.3, 0.4) is 0 Å². The average Bonchev–Trinajstić information content (AvgIpc) is 3.09. The molecule has 1 N–H and O–H groups in total. The molecule has 1 fully saturated rings. The Hall–Kier alpha value is -1.91. The van der Waals surface area contributed by atoms with E-state index in [-0.39, 0.29) is 17.5 Å². The number of hydrogen-bond donors (Lipinski definition) is 1. The van der Waals surface area contributed by atoms with E-state index in [2.05, 4.69) is 0 Å². The Bertz CT molecular complexity index is 468. The first-order chi connectivity index (χ1) is 8.49. The minimum absolute atomic E-state index is 0.0845. The summed E-state index contributed by atoms with van der Waals surface area (Å²) in [5.74, 6) is -0.362. The van der Waals surface area contributed by atoms with Crippen molar-refractivity contribution in [3.8, 4) is 0 Å². The summed E-state index contributed by atoms with van der Waals surface area (Å²) < 4.78 is 0. The molecule has 3 unspecified atom stereocenters. The van der Waals surface area contributed by atoms with Crippen molar-refractivity contribution in [3.63, 3.8) is 0 Å². The summed E-state index contributed by atoms with van der Waals surface area (Å²) in [4.78, 5) is 20.9. The summed E-state index contributed by atoms with van der Waals surface area (Å²) in [7, 11) is 0. The number of nitro groups is 1. The number of carboxylic acids is 1. The van der Waals surface area contributed by atoms with E-state index in [0.717, 1.165) is 18.4 Å². The lowest BCUT2D eigenvalue weighted by atomic mass is 9.95. The maximum Gasteiger partial charge on any atom is 0.306 e. The molecule has 5 nitrogen and oxygen atoms in total. The van der Waals surface area contributed by atoms with Crippen LogP contribution in [-0.2, 0) is 11.2 Å². The van der Waals surface area contributed by atoms with Gasteiger partial charge in [0.15, 0.2) is 0 Å². The van der Waals surface area contributed by atoms with Crippen molar-refractivity contribution >= 4 is 11.7 Å². The second kappa shape index (κ2) is 4.76. The van der Waals surface area contributed by atoms with Gasteiger partial charge in [0, 0.05) is 12.1 Å². The molecule has 1 aromatic rings. The molecule has 0 spiro atoms. The van der Waals surface area contributed by atoms with Crippen LogP contribution in [0.5, 0.6) is 0 Å². The minimum atomic E-state index is -0.712. The van der Waals surface area contributed by atoms with Gasteiger partial charge in [0.05, 0.1) is 10.8 Å². The molecule has 1 aliphatic rings. The van der Waals surface area contributed by atoms with Gasteiger partial charge in [0.2, 0.25) is 0 Å². The summed E-state index contributed by atoms with van der Waals surface area (Å²) in [5, 5.41) is 19.4. The predicted molar refractivity (Wildman–Crippen MR) is 65.2 cm³/mol. The Morgan fingerprint density at radius 2 is 2.11 bits per heavy atom. The molecular formula is C13H15NO4. The van der Waals surface area contributed by atoms with Crippen LogP contribution >= 0.6 is 0 Å². The first-order valence-electron chi connectivity index (χ1n) is 5.95. The molecule has 0 saturated heterocycles. The second-order valence-corrected chi connectivity index (χ2v) is 4.95.